The van der Waals surface area contributed by atoms with Crippen molar-refractivity contribution < 1.29 is 22.8 Å². The number of carbonyl (C=O) groups excluding carboxylic acids is 2. The number of amides is 2. The van der Waals surface area contributed by atoms with Gasteiger partial charge in [-0.1, -0.05) is 30.3 Å². The number of nitrogens with two attached hydrogens (primary N) is 1. The minimum absolute atomic E-state index is 0.0361. The second kappa shape index (κ2) is 10.8. The van der Waals surface area contributed by atoms with Crippen LogP contribution in [0.15, 0.2) is 39.9 Å². The summed E-state index contributed by atoms with van der Waals surface area (Å²) in [4.78, 5) is 55.2. The van der Waals surface area contributed by atoms with Gasteiger partial charge < -0.3 is 16.0 Å². The van der Waals surface area contributed by atoms with E-state index in [-0.39, 0.29) is 31.1 Å². The highest BCUT2D eigenvalue weighted by atomic mass is 19.4. The molecule has 2 aromatic rings. The van der Waals surface area contributed by atoms with Crippen LogP contribution in [0.4, 0.5) is 24.7 Å². The van der Waals surface area contributed by atoms with Gasteiger partial charge in [-0.3, -0.25) is 28.8 Å². The van der Waals surface area contributed by atoms with E-state index < -0.39 is 41.8 Å². The van der Waals surface area contributed by atoms with Gasteiger partial charge in [-0.15, -0.1) is 0 Å². The lowest BCUT2D eigenvalue weighted by Gasteiger charge is -2.28. The number of nitrogen functional groups attached to an aromatic ring is 1. The first kappa shape index (κ1) is 26.0. The summed E-state index contributed by atoms with van der Waals surface area (Å²) in [7, 11) is 0. The summed E-state index contributed by atoms with van der Waals surface area (Å²) in [6.45, 7) is 0.269. The molecule has 13 heteroatoms. The Hall–Kier alpha value is -3.61. The van der Waals surface area contributed by atoms with Crippen LogP contribution in [-0.4, -0.2) is 64.7 Å². The zero-order chi connectivity index (χ0) is 25.8. The first-order valence-electron chi connectivity index (χ1n) is 11.1. The number of carbonyl (C=O) groups is 2. The van der Waals surface area contributed by atoms with E-state index in [1.807, 2.05) is 5.32 Å². The van der Waals surface area contributed by atoms with Crippen LogP contribution in [0.1, 0.15) is 25.3 Å². The summed E-state index contributed by atoms with van der Waals surface area (Å²) in [5.41, 5.74) is 5.15. The van der Waals surface area contributed by atoms with Gasteiger partial charge in [-0.25, -0.2) is 4.79 Å². The highest BCUT2D eigenvalue weighted by molar-refractivity contribution is 5.97. The molecule has 1 saturated heterocycles. The molecule has 1 unspecified atom stereocenters. The second-order valence-corrected chi connectivity index (χ2v) is 8.16. The Kier molecular flexibility index (Phi) is 7.99. The molecule has 35 heavy (non-hydrogen) atoms. The number of likely N-dealkylation sites (N-methyl/N-ethyl adjacent to an activating group) is 1. The maximum atomic E-state index is 13.2. The number of aromatic amines is 1. The van der Waals surface area contributed by atoms with Gasteiger partial charge in [-0.05, 0) is 31.9 Å². The predicted octanol–water partition coefficient (Wildman–Crippen LogP) is 0.663. The number of anilines is 2. The molecule has 2 heterocycles. The van der Waals surface area contributed by atoms with Crippen molar-refractivity contribution in [1.82, 2.24) is 19.8 Å². The Bertz CT molecular complexity index is 1180. The zero-order valence-corrected chi connectivity index (χ0v) is 19.1. The average molecular weight is 496 g/mol. The summed E-state index contributed by atoms with van der Waals surface area (Å²) in [5.74, 6) is -1.59. The van der Waals surface area contributed by atoms with Crippen molar-refractivity contribution >= 4 is 23.3 Å². The molecule has 0 bridgehead atoms. The van der Waals surface area contributed by atoms with Crippen molar-refractivity contribution in [2.75, 3.05) is 36.8 Å². The average Bonchev–Trinajstić information content (AvgIpc) is 3.26. The van der Waals surface area contributed by atoms with E-state index in [4.69, 9.17) is 5.73 Å². The topological polar surface area (TPSA) is 134 Å². The third kappa shape index (κ3) is 6.29. The molecule has 0 aliphatic carbocycles. The van der Waals surface area contributed by atoms with E-state index in [2.05, 4.69) is 4.98 Å². The van der Waals surface area contributed by atoms with Gasteiger partial charge in [0.25, 0.3) is 5.56 Å². The zero-order valence-electron chi connectivity index (χ0n) is 19.1. The molecule has 190 valence electrons. The fourth-order valence-electron chi connectivity index (χ4n) is 4.10. The number of hydrogen-bond acceptors (Lipinski definition) is 6. The molecule has 10 nitrogen and oxygen atoms in total. The van der Waals surface area contributed by atoms with Crippen molar-refractivity contribution in [1.29, 1.82) is 0 Å². The van der Waals surface area contributed by atoms with Crippen LogP contribution in [-0.2, 0) is 16.1 Å². The van der Waals surface area contributed by atoms with E-state index in [0.29, 0.717) is 19.4 Å². The van der Waals surface area contributed by atoms with Crippen LogP contribution in [0.3, 0.4) is 0 Å². The number of nitrogens with zero attached hydrogens (tertiary/aromatic N) is 3. The third-order valence-corrected chi connectivity index (χ3v) is 5.75. The van der Waals surface area contributed by atoms with Crippen LogP contribution in [0.2, 0.25) is 0 Å². The van der Waals surface area contributed by atoms with Gasteiger partial charge >= 0.3 is 11.9 Å². The lowest BCUT2D eigenvalue weighted by molar-refractivity contribution is -0.141. The first-order chi connectivity index (χ1) is 16.5. The highest BCUT2D eigenvalue weighted by Crippen LogP contribution is 2.21. The quantitative estimate of drug-likeness (QED) is 0.492. The summed E-state index contributed by atoms with van der Waals surface area (Å²) < 4.78 is 38.5. The first-order valence-corrected chi connectivity index (χ1v) is 11.1. The molecule has 1 atom stereocenters. The van der Waals surface area contributed by atoms with Crippen LogP contribution < -0.4 is 27.2 Å². The summed E-state index contributed by atoms with van der Waals surface area (Å²) in [6, 6.07) is 8.02. The summed E-state index contributed by atoms with van der Waals surface area (Å²) >= 11 is 0. The third-order valence-electron chi connectivity index (χ3n) is 5.75. The van der Waals surface area contributed by atoms with Gasteiger partial charge in [0.05, 0.1) is 19.1 Å². The second-order valence-electron chi connectivity index (χ2n) is 8.16. The smallest absolute Gasteiger partial charge is 0.383 e. The van der Waals surface area contributed by atoms with Crippen LogP contribution in [0.25, 0.3) is 0 Å². The summed E-state index contributed by atoms with van der Waals surface area (Å²) in [5, 5.41) is 1.85. The minimum Gasteiger partial charge on any atom is -0.383 e. The Labute approximate surface area is 198 Å². The Morgan fingerprint density at radius 3 is 2.54 bits per heavy atom. The number of benzene rings is 1. The fraction of sp³-hybridized carbons (Fsp3) is 0.455. The molecule has 0 spiro atoms. The van der Waals surface area contributed by atoms with Crippen molar-refractivity contribution in [2.24, 2.45) is 0 Å². The molecule has 1 aromatic carbocycles. The fourth-order valence-corrected chi connectivity index (χ4v) is 4.10. The number of alkyl halides is 3. The molecular weight excluding hydrogens is 469 g/mol. The van der Waals surface area contributed by atoms with Crippen LogP contribution >= 0.6 is 0 Å². The number of halogens is 3. The van der Waals surface area contributed by atoms with Gasteiger partial charge in [0.15, 0.2) is 5.69 Å². The van der Waals surface area contributed by atoms with E-state index in [1.165, 1.54) is 4.90 Å². The molecule has 1 fully saturated rings. The Morgan fingerprint density at radius 1 is 1.23 bits per heavy atom. The Balaban J connectivity index is 1.82. The molecule has 0 radical (unpaired) electrons. The van der Waals surface area contributed by atoms with Gasteiger partial charge in [0.2, 0.25) is 11.8 Å². The van der Waals surface area contributed by atoms with Crippen molar-refractivity contribution in [3.8, 4) is 0 Å². The molecule has 1 aliphatic heterocycles. The monoisotopic (exact) mass is 496 g/mol. The van der Waals surface area contributed by atoms with E-state index in [1.54, 1.807) is 37.3 Å². The maximum absolute atomic E-state index is 13.2. The minimum atomic E-state index is -4.55. The summed E-state index contributed by atoms with van der Waals surface area (Å²) in [6.07, 6.45) is -3.72. The number of rotatable bonds is 8. The largest absolute Gasteiger partial charge is 0.405 e. The number of aromatic nitrogens is 2. The highest BCUT2D eigenvalue weighted by Gasteiger charge is 2.36. The van der Waals surface area contributed by atoms with Gasteiger partial charge in [0.1, 0.15) is 12.4 Å². The molecule has 1 aliphatic rings. The van der Waals surface area contributed by atoms with Crippen molar-refractivity contribution in [3.05, 3.63) is 56.7 Å². The van der Waals surface area contributed by atoms with Crippen LogP contribution in [0.5, 0.6) is 0 Å². The molecule has 1 aromatic heterocycles. The van der Waals surface area contributed by atoms with Gasteiger partial charge in [-0.2, -0.15) is 13.2 Å². The van der Waals surface area contributed by atoms with Crippen molar-refractivity contribution in [3.63, 3.8) is 0 Å². The number of likely N-dealkylation sites (tertiary alicyclic amines) is 1. The molecule has 3 rings (SSSR count). The normalized spacial score (nSPS) is 16.3. The SMILES string of the molecule is CCN(C(=O)CN1CCCC1C(=O)NCC(F)(F)F)c1c(N)n(Cc2ccccc2)c(=O)[nH]c1=O. The number of nitrogens with one attached hydrogen (secondary N) is 2. The lowest BCUT2D eigenvalue weighted by atomic mass is 10.2. The van der Waals surface area contributed by atoms with Gasteiger partial charge in [0, 0.05) is 6.54 Å². The van der Waals surface area contributed by atoms with E-state index >= 15 is 0 Å². The molecule has 4 N–H and O–H groups in total. The van der Waals surface area contributed by atoms with Crippen LogP contribution in [0, 0.1) is 0 Å². The van der Waals surface area contributed by atoms with E-state index in [0.717, 1.165) is 15.0 Å². The maximum Gasteiger partial charge on any atom is 0.405 e. The number of H-pyrrole nitrogens is 1. The van der Waals surface area contributed by atoms with E-state index in [9.17, 15) is 32.3 Å². The Morgan fingerprint density at radius 2 is 1.91 bits per heavy atom. The molecular formula is C22H27F3N6O4. The predicted molar refractivity (Wildman–Crippen MR) is 123 cm³/mol. The van der Waals surface area contributed by atoms with Crippen molar-refractivity contribution in [2.45, 2.75) is 38.5 Å². The molecule has 0 saturated carbocycles. The lowest BCUT2D eigenvalue weighted by Crippen LogP contribution is -2.50. The number of hydrogen-bond donors (Lipinski definition) is 3. The standard InChI is InChI=1S/C22H27F3N6O4/c1-2-30(16(32)12-29-10-6-9-15(29)19(33)27-13-22(23,24)25)17-18(26)31(21(35)28-20(17)34)11-14-7-4-3-5-8-14/h3-5,7-8,15H,2,6,9-13,26H2,1H3,(H,27,33)(H,28,34,35). The molecule has 2 amide bonds.